The summed E-state index contributed by atoms with van der Waals surface area (Å²) >= 11 is 0. The molecule has 0 aliphatic heterocycles. The van der Waals surface area contributed by atoms with E-state index in [1.807, 2.05) is 19.1 Å². The van der Waals surface area contributed by atoms with Gasteiger partial charge in [-0.2, -0.15) is 26.3 Å². The molecule has 0 radical (unpaired) electrons. The van der Waals surface area contributed by atoms with Crippen molar-refractivity contribution in [2.24, 2.45) is 22.7 Å². The first kappa shape index (κ1) is 27.7. The van der Waals surface area contributed by atoms with Gasteiger partial charge in [-0.25, -0.2) is 0 Å². The summed E-state index contributed by atoms with van der Waals surface area (Å²) in [6.07, 6.45) is -7.24. The van der Waals surface area contributed by atoms with Crippen LogP contribution in [0.15, 0.2) is 47.6 Å². The molecule has 246 valence electrons. The minimum absolute atomic E-state index is 0.0338. The van der Waals surface area contributed by atoms with E-state index in [0.717, 1.165) is 18.4 Å². The molecular formula is C33H48F6O4. The molecule has 3 rings (SSSR count). The van der Waals surface area contributed by atoms with Gasteiger partial charge in [0.05, 0.1) is 17.8 Å². The van der Waals surface area contributed by atoms with Crippen molar-refractivity contribution >= 4 is 0 Å². The van der Waals surface area contributed by atoms with Crippen LogP contribution < -0.4 is 0 Å². The molecule has 2 unspecified atom stereocenters. The topological polar surface area (TPSA) is 80.9 Å². The lowest BCUT2D eigenvalue weighted by atomic mass is 9.55. The maximum absolute atomic E-state index is 13.5. The molecule has 0 saturated heterocycles. The molecule has 0 bridgehead atoms. The minimum atomic E-state index is -6.06. The molecule has 3 aliphatic rings. The quantitative estimate of drug-likeness (QED) is 0.155. The standard InChI is InChI=1S/C33H48F6O4/c1-21-23(19-24(40)20-26(21)41)11-10-22-9-6-17-30(5)25(22)12-13-27(30)29(4,15-7-14-28(2,3)42)16-8-18-31(43,32(34,35)36)33(37,38)39/h8,10-11,18,24-27,40-43H,1,6-7,9,12-17,19-20H2,2-5H3/b18-8+,22-10+,23-11-/t24-,25?,26+,27-,29?,30+/m1/s1/i2D3,3D3. The summed E-state index contributed by atoms with van der Waals surface area (Å²) in [6.45, 7) is 1.00. The fourth-order valence-corrected chi connectivity index (χ4v) is 7.86. The van der Waals surface area contributed by atoms with E-state index in [-0.39, 0.29) is 43.6 Å². The molecule has 0 aromatic rings. The SMILES string of the molecule is [2H]C([2H])([2H])C(O)(CCCC(C)(C/C=C/C(O)(C(F)(F)F)C(F)(F)F)[C@H]1CCC2/C(=C/C=C3/C[C@@H](O)C[C@H](O)C3=C)CCC[C@@]21C)C([2H])([2H])[2H]. The summed E-state index contributed by atoms with van der Waals surface area (Å²) in [7, 11) is 0. The number of halogens is 6. The highest BCUT2D eigenvalue weighted by Crippen LogP contribution is 2.64. The van der Waals surface area contributed by atoms with Crippen LogP contribution in [0.5, 0.6) is 0 Å². The first-order chi connectivity index (χ1) is 22.0. The highest BCUT2D eigenvalue weighted by Gasteiger charge is 2.69. The molecule has 0 aromatic heterocycles. The molecule has 6 atom stereocenters. The third-order valence-corrected chi connectivity index (χ3v) is 10.2. The summed E-state index contributed by atoms with van der Waals surface area (Å²) < 4.78 is 127. The number of aliphatic hydroxyl groups excluding tert-OH is 2. The van der Waals surface area contributed by atoms with Gasteiger partial charge in [0.15, 0.2) is 0 Å². The van der Waals surface area contributed by atoms with Gasteiger partial charge in [0, 0.05) is 14.6 Å². The second kappa shape index (κ2) is 12.6. The Hall–Kier alpha value is -1.62. The van der Waals surface area contributed by atoms with Crippen molar-refractivity contribution in [1.82, 2.24) is 0 Å². The molecule has 3 aliphatic carbocycles. The summed E-state index contributed by atoms with van der Waals surface area (Å²) in [6, 6.07) is 0. The van der Waals surface area contributed by atoms with Gasteiger partial charge in [-0.05, 0) is 111 Å². The van der Waals surface area contributed by atoms with Gasteiger partial charge >= 0.3 is 12.4 Å². The number of hydrogen-bond donors (Lipinski definition) is 4. The first-order valence-corrected chi connectivity index (χ1v) is 14.7. The number of allylic oxidation sites excluding steroid dienone is 4. The molecule has 3 saturated carbocycles. The van der Waals surface area contributed by atoms with Crippen molar-refractivity contribution in [3.8, 4) is 0 Å². The van der Waals surface area contributed by atoms with Crippen molar-refractivity contribution in [3.63, 3.8) is 0 Å². The van der Waals surface area contributed by atoms with Crippen molar-refractivity contribution < 1.29 is 55.0 Å². The number of alkyl halides is 6. The van der Waals surface area contributed by atoms with E-state index in [0.29, 0.717) is 42.9 Å². The lowest BCUT2D eigenvalue weighted by Gasteiger charge is -2.49. The van der Waals surface area contributed by atoms with Crippen LogP contribution in [-0.4, -0.2) is 56.2 Å². The smallest absolute Gasteiger partial charge is 0.393 e. The van der Waals surface area contributed by atoms with Gasteiger partial charge in [0.25, 0.3) is 5.60 Å². The average Bonchev–Trinajstić information content (AvgIpc) is 3.29. The fraction of sp³-hybridized carbons (Fsp3) is 0.758. The summed E-state index contributed by atoms with van der Waals surface area (Å²) in [5, 5.41) is 41.0. The van der Waals surface area contributed by atoms with Gasteiger partial charge in [0.2, 0.25) is 0 Å². The van der Waals surface area contributed by atoms with Crippen LogP contribution in [0.3, 0.4) is 0 Å². The van der Waals surface area contributed by atoms with Crippen molar-refractivity contribution in [1.29, 1.82) is 0 Å². The van der Waals surface area contributed by atoms with E-state index in [9.17, 15) is 46.8 Å². The molecule has 0 spiro atoms. The second-order valence-electron chi connectivity index (χ2n) is 13.3. The summed E-state index contributed by atoms with van der Waals surface area (Å²) in [5.41, 5.74) is -7.54. The first-order valence-electron chi connectivity index (χ1n) is 17.7. The Morgan fingerprint density at radius 1 is 1.02 bits per heavy atom. The zero-order valence-corrected chi connectivity index (χ0v) is 24.7. The van der Waals surface area contributed by atoms with E-state index in [4.69, 9.17) is 8.22 Å². The third kappa shape index (κ3) is 7.79. The molecule has 3 fully saturated rings. The molecule has 0 aromatic carbocycles. The Labute approximate surface area is 259 Å². The monoisotopic (exact) mass is 628 g/mol. The van der Waals surface area contributed by atoms with Crippen LogP contribution in [0.4, 0.5) is 26.3 Å². The van der Waals surface area contributed by atoms with Gasteiger partial charge in [-0.15, -0.1) is 0 Å². The Morgan fingerprint density at radius 2 is 1.67 bits per heavy atom. The molecule has 4 nitrogen and oxygen atoms in total. The van der Waals surface area contributed by atoms with E-state index < -0.39 is 66.7 Å². The Kier molecular flexibility index (Phi) is 8.14. The van der Waals surface area contributed by atoms with Gasteiger partial charge in [-0.1, -0.05) is 50.6 Å². The molecule has 0 amide bonds. The molecule has 10 heteroatoms. The van der Waals surface area contributed by atoms with E-state index in [2.05, 4.69) is 6.58 Å². The maximum atomic E-state index is 13.5. The Morgan fingerprint density at radius 3 is 2.28 bits per heavy atom. The van der Waals surface area contributed by atoms with Crippen molar-refractivity contribution in [3.05, 3.63) is 47.6 Å². The van der Waals surface area contributed by atoms with Gasteiger partial charge in [-0.3, -0.25) is 0 Å². The fourth-order valence-electron chi connectivity index (χ4n) is 7.86. The van der Waals surface area contributed by atoms with Gasteiger partial charge < -0.3 is 20.4 Å². The van der Waals surface area contributed by atoms with Crippen LogP contribution >= 0.6 is 0 Å². The molecular weight excluding hydrogens is 574 g/mol. The predicted molar refractivity (Wildman–Crippen MR) is 154 cm³/mol. The number of aliphatic hydroxyl groups is 4. The lowest BCUT2D eigenvalue weighted by molar-refractivity contribution is -0.347. The maximum Gasteiger partial charge on any atom is 0.429 e. The van der Waals surface area contributed by atoms with Crippen molar-refractivity contribution in [2.75, 3.05) is 0 Å². The lowest BCUT2D eigenvalue weighted by Crippen LogP contribution is -2.55. The van der Waals surface area contributed by atoms with E-state index in [1.165, 1.54) is 0 Å². The number of hydrogen-bond acceptors (Lipinski definition) is 4. The predicted octanol–water partition coefficient (Wildman–Crippen LogP) is 7.88. The van der Waals surface area contributed by atoms with E-state index in [1.54, 1.807) is 6.92 Å². The zero-order chi connectivity index (χ0) is 37.6. The average molecular weight is 629 g/mol. The van der Waals surface area contributed by atoms with E-state index >= 15 is 0 Å². The minimum Gasteiger partial charge on any atom is -0.393 e. The van der Waals surface area contributed by atoms with Crippen LogP contribution in [0, 0.1) is 22.7 Å². The second-order valence-corrected chi connectivity index (χ2v) is 13.3. The summed E-state index contributed by atoms with van der Waals surface area (Å²) in [4.78, 5) is 0. The largest absolute Gasteiger partial charge is 0.429 e. The van der Waals surface area contributed by atoms with Gasteiger partial charge in [0.1, 0.15) is 0 Å². The Balaban J connectivity index is 2.01. The molecule has 43 heavy (non-hydrogen) atoms. The highest BCUT2D eigenvalue weighted by molar-refractivity contribution is 5.38. The Bertz CT molecular complexity index is 1280. The van der Waals surface area contributed by atoms with Crippen molar-refractivity contribution in [2.45, 2.75) is 134 Å². The number of fused-ring (bicyclic) bond motifs is 1. The molecule has 0 heterocycles. The molecule has 4 N–H and O–H groups in total. The number of rotatable bonds is 9. The van der Waals surface area contributed by atoms with Crippen LogP contribution in [0.2, 0.25) is 0 Å². The highest BCUT2D eigenvalue weighted by atomic mass is 19.4. The van der Waals surface area contributed by atoms with Crippen LogP contribution in [-0.2, 0) is 0 Å². The van der Waals surface area contributed by atoms with Crippen LogP contribution in [0.1, 0.15) is 106 Å². The normalized spacial score (nSPS) is 35.6. The third-order valence-electron chi connectivity index (χ3n) is 10.2. The zero-order valence-electron chi connectivity index (χ0n) is 30.7. The summed E-state index contributed by atoms with van der Waals surface area (Å²) in [5.74, 6) is -0.375. The van der Waals surface area contributed by atoms with Crippen LogP contribution in [0.25, 0.3) is 0 Å².